The number of aliphatic hydroxyl groups is 2. The molecule has 0 aliphatic rings. The molecule has 0 amide bonds. The lowest BCUT2D eigenvalue weighted by Gasteiger charge is -2.46. The van der Waals surface area contributed by atoms with E-state index in [1.54, 1.807) is 0 Å². The monoisotopic (exact) mass is 466 g/mol. The van der Waals surface area contributed by atoms with E-state index in [2.05, 4.69) is 0 Å². The van der Waals surface area contributed by atoms with E-state index < -0.39 is 11.2 Å². The number of hydrogen-bond acceptors (Lipinski definition) is 2. The van der Waals surface area contributed by atoms with Crippen molar-refractivity contribution in [1.82, 2.24) is 0 Å². The molecular weight excluding hydrogens is 440 g/mol. The van der Waals surface area contributed by atoms with Crippen molar-refractivity contribution < 1.29 is 10.2 Å². The highest BCUT2D eigenvalue weighted by Gasteiger charge is 2.55. The highest BCUT2D eigenvalue weighted by atomic mass is 16.4. The van der Waals surface area contributed by atoms with Gasteiger partial charge in [-0.3, -0.25) is 0 Å². The van der Waals surface area contributed by atoms with Gasteiger partial charge in [0.1, 0.15) is 0 Å². The molecule has 0 aromatic heterocycles. The number of rotatable bonds is 5. The van der Waals surface area contributed by atoms with Gasteiger partial charge >= 0.3 is 0 Å². The zero-order valence-electron chi connectivity index (χ0n) is 19.8. The summed E-state index contributed by atoms with van der Waals surface area (Å²) in [4.78, 5) is 0. The molecule has 0 bridgehead atoms. The molecule has 2 atom stereocenters. The topological polar surface area (TPSA) is 40.5 Å². The van der Waals surface area contributed by atoms with Gasteiger partial charge in [0.2, 0.25) is 0 Å². The van der Waals surface area contributed by atoms with Crippen molar-refractivity contribution in [2.24, 2.45) is 0 Å². The van der Waals surface area contributed by atoms with Gasteiger partial charge in [0, 0.05) is 0 Å². The second kappa shape index (κ2) is 8.76. The van der Waals surface area contributed by atoms with Gasteiger partial charge in [-0.05, 0) is 43.8 Å². The Labute approximate surface area is 210 Å². The Morgan fingerprint density at radius 2 is 0.667 bits per heavy atom. The van der Waals surface area contributed by atoms with Gasteiger partial charge < -0.3 is 10.2 Å². The van der Waals surface area contributed by atoms with Crippen molar-refractivity contribution in [2.45, 2.75) is 11.2 Å². The SMILES string of the molecule is O[C@@](c1ccccc1)(c1cccc2ccccc12)[C@](O)(c1ccccc1)c1cccc2ccccc12. The predicted octanol–water partition coefficient (Wildman–Crippen LogP) is 7.17. The van der Waals surface area contributed by atoms with Crippen LogP contribution in [0.2, 0.25) is 0 Å². The van der Waals surface area contributed by atoms with Crippen LogP contribution in [0.3, 0.4) is 0 Å². The minimum atomic E-state index is -1.82. The zero-order chi connectivity index (χ0) is 24.6. The normalized spacial score (nSPS) is 14.8. The first-order valence-corrected chi connectivity index (χ1v) is 12.2. The molecule has 0 aliphatic heterocycles. The third kappa shape index (κ3) is 3.27. The molecule has 0 spiro atoms. The predicted molar refractivity (Wildman–Crippen MR) is 147 cm³/mol. The van der Waals surface area contributed by atoms with Crippen molar-refractivity contribution in [2.75, 3.05) is 0 Å². The smallest absolute Gasteiger partial charge is 0.152 e. The van der Waals surface area contributed by atoms with E-state index in [1.807, 2.05) is 146 Å². The maximum absolute atomic E-state index is 13.2. The summed E-state index contributed by atoms with van der Waals surface area (Å²) in [6, 6.07) is 46.8. The largest absolute Gasteiger partial charge is 0.377 e. The van der Waals surface area contributed by atoms with E-state index in [9.17, 15) is 10.2 Å². The summed E-state index contributed by atoms with van der Waals surface area (Å²) in [7, 11) is 0. The fourth-order valence-electron chi connectivity index (χ4n) is 5.56. The summed E-state index contributed by atoms with van der Waals surface area (Å²) in [5, 5.41) is 30.1. The molecule has 0 fully saturated rings. The Balaban J connectivity index is 1.81. The van der Waals surface area contributed by atoms with E-state index in [0.717, 1.165) is 21.5 Å². The van der Waals surface area contributed by atoms with Gasteiger partial charge in [-0.1, -0.05) is 146 Å². The van der Waals surface area contributed by atoms with Crippen LogP contribution in [0.5, 0.6) is 0 Å². The molecule has 174 valence electrons. The fourth-order valence-corrected chi connectivity index (χ4v) is 5.56. The molecule has 36 heavy (non-hydrogen) atoms. The molecule has 0 saturated heterocycles. The van der Waals surface area contributed by atoms with Gasteiger partial charge in [-0.2, -0.15) is 0 Å². The van der Waals surface area contributed by atoms with Crippen molar-refractivity contribution in [1.29, 1.82) is 0 Å². The average molecular weight is 467 g/mol. The number of hydrogen-bond donors (Lipinski definition) is 2. The Bertz CT molecular complexity index is 1520. The molecule has 0 aliphatic carbocycles. The molecule has 6 aromatic rings. The Morgan fingerprint density at radius 1 is 0.333 bits per heavy atom. The van der Waals surface area contributed by atoms with E-state index >= 15 is 0 Å². The molecule has 2 N–H and O–H groups in total. The minimum Gasteiger partial charge on any atom is -0.377 e. The van der Waals surface area contributed by atoms with E-state index in [-0.39, 0.29) is 0 Å². The third-order valence-corrected chi connectivity index (χ3v) is 7.27. The van der Waals surface area contributed by atoms with Gasteiger partial charge in [-0.15, -0.1) is 0 Å². The van der Waals surface area contributed by atoms with Crippen LogP contribution in [0.1, 0.15) is 22.3 Å². The number of fused-ring (bicyclic) bond motifs is 2. The highest BCUT2D eigenvalue weighted by molar-refractivity contribution is 5.90. The summed E-state index contributed by atoms with van der Waals surface area (Å²) in [5.74, 6) is 0. The molecule has 0 heterocycles. The molecule has 6 aromatic carbocycles. The standard InChI is InChI=1S/C34H26O2/c35-33(27-17-3-1-4-18-27,31-23-11-15-25-13-7-9-21-29(25)31)34(36,28-19-5-2-6-20-28)32-24-12-16-26-14-8-10-22-30(26)32/h1-24,35-36H/t33-,34-/m0/s1. The molecule has 2 nitrogen and oxygen atoms in total. The lowest BCUT2D eigenvalue weighted by atomic mass is 9.65. The van der Waals surface area contributed by atoms with Crippen LogP contribution >= 0.6 is 0 Å². The van der Waals surface area contributed by atoms with Gasteiger partial charge in [0.05, 0.1) is 0 Å². The van der Waals surface area contributed by atoms with Crippen LogP contribution < -0.4 is 0 Å². The minimum absolute atomic E-state index is 0.612. The van der Waals surface area contributed by atoms with E-state index in [0.29, 0.717) is 22.3 Å². The maximum atomic E-state index is 13.2. The first-order valence-electron chi connectivity index (χ1n) is 12.2. The molecule has 0 unspecified atom stereocenters. The van der Waals surface area contributed by atoms with Crippen LogP contribution in [0, 0.1) is 0 Å². The molecule has 0 radical (unpaired) electrons. The summed E-state index contributed by atoms with van der Waals surface area (Å²) >= 11 is 0. The number of benzene rings is 6. The molecule has 2 heteroatoms. The maximum Gasteiger partial charge on any atom is 0.152 e. The first-order chi connectivity index (χ1) is 17.6. The Hall–Kier alpha value is -4.24. The first kappa shape index (κ1) is 22.2. The van der Waals surface area contributed by atoms with Crippen LogP contribution in [0.15, 0.2) is 146 Å². The Morgan fingerprint density at radius 3 is 1.08 bits per heavy atom. The summed E-state index contributed by atoms with van der Waals surface area (Å²) in [6.45, 7) is 0. The molecule has 6 rings (SSSR count). The third-order valence-electron chi connectivity index (χ3n) is 7.27. The second-order valence-corrected chi connectivity index (χ2v) is 9.21. The van der Waals surface area contributed by atoms with E-state index in [1.165, 1.54) is 0 Å². The molecular formula is C34H26O2. The summed E-state index contributed by atoms with van der Waals surface area (Å²) < 4.78 is 0. The quantitative estimate of drug-likeness (QED) is 0.283. The van der Waals surface area contributed by atoms with Gasteiger partial charge in [0.25, 0.3) is 0 Å². The lowest BCUT2D eigenvalue weighted by molar-refractivity contribution is -0.111. The van der Waals surface area contributed by atoms with Gasteiger partial charge in [0.15, 0.2) is 11.2 Å². The summed E-state index contributed by atoms with van der Waals surface area (Å²) in [5.41, 5.74) is -1.13. The fraction of sp³-hybridized carbons (Fsp3) is 0.0588. The average Bonchev–Trinajstić information content (AvgIpc) is 2.96. The van der Waals surface area contributed by atoms with Crippen LogP contribution in [0.25, 0.3) is 21.5 Å². The highest BCUT2D eigenvalue weighted by Crippen LogP contribution is 2.52. The lowest BCUT2D eigenvalue weighted by Crippen LogP contribution is -2.51. The van der Waals surface area contributed by atoms with E-state index in [4.69, 9.17) is 0 Å². The summed E-state index contributed by atoms with van der Waals surface area (Å²) in [6.07, 6.45) is 0. The van der Waals surface area contributed by atoms with Crippen molar-refractivity contribution in [3.63, 3.8) is 0 Å². The van der Waals surface area contributed by atoms with Crippen molar-refractivity contribution in [3.05, 3.63) is 168 Å². The second-order valence-electron chi connectivity index (χ2n) is 9.21. The van der Waals surface area contributed by atoms with Crippen LogP contribution in [0.4, 0.5) is 0 Å². The van der Waals surface area contributed by atoms with Crippen molar-refractivity contribution >= 4 is 21.5 Å². The van der Waals surface area contributed by atoms with Crippen LogP contribution in [-0.2, 0) is 11.2 Å². The Kier molecular flexibility index (Phi) is 5.41. The molecule has 0 saturated carbocycles. The van der Waals surface area contributed by atoms with Gasteiger partial charge in [-0.25, -0.2) is 0 Å². The van der Waals surface area contributed by atoms with Crippen LogP contribution in [-0.4, -0.2) is 10.2 Å². The zero-order valence-corrected chi connectivity index (χ0v) is 19.8. The van der Waals surface area contributed by atoms with Crippen molar-refractivity contribution in [3.8, 4) is 0 Å².